The quantitative estimate of drug-likeness (QED) is 0.747. The summed E-state index contributed by atoms with van der Waals surface area (Å²) in [5.74, 6) is 0. The van der Waals surface area contributed by atoms with Gasteiger partial charge in [0.1, 0.15) is 4.90 Å². The molecule has 3 aromatic heterocycles. The van der Waals surface area contributed by atoms with Gasteiger partial charge in [-0.3, -0.25) is 9.67 Å². The van der Waals surface area contributed by atoms with E-state index in [2.05, 4.69) is 14.8 Å². The highest BCUT2D eigenvalue weighted by molar-refractivity contribution is 7.89. The van der Waals surface area contributed by atoms with Gasteiger partial charge in [-0.15, -0.1) is 0 Å². The lowest BCUT2D eigenvalue weighted by Crippen LogP contribution is -2.31. The molecule has 0 aromatic carbocycles. The van der Waals surface area contributed by atoms with Crippen LogP contribution in [0.3, 0.4) is 0 Å². The first kappa shape index (κ1) is 14.9. The Labute approximate surface area is 132 Å². The van der Waals surface area contributed by atoms with Gasteiger partial charge >= 0.3 is 0 Å². The number of sulfonamides is 1. The minimum absolute atomic E-state index is 0.152. The Morgan fingerprint density at radius 3 is 2.82 bits per heavy atom. The van der Waals surface area contributed by atoms with Crippen molar-refractivity contribution in [2.45, 2.75) is 10.9 Å². The summed E-state index contributed by atoms with van der Waals surface area (Å²) < 4.78 is 29.0. The average molecular weight is 334 g/mol. The molecule has 1 unspecified atom stereocenters. The summed E-state index contributed by atoms with van der Waals surface area (Å²) in [4.78, 5) is 4.00. The Bertz CT molecular complexity index is 766. The number of nitrogens with one attached hydrogen (secondary N) is 1. The molecule has 114 valence electrons. The second-order valence-electron chi connectivity index (χ2n) is 4.60. The molecule has 0 aliphatic carbocycles. The second-order valence-corrected chi connectivity index (χ2v) is 7.15. The van der Waals surface area contributed by atoms with Crippen LogP contribution in [0, 0.1) is 0 Å². The molecule has 6 nitrogen and oxygen atoms in total. The van der Waals surface area contributed by atoms with Gasteiger partial charge in [0.2, 0.25) is 10.0 Å². The largest absolute Gasteiger partial charge is 0.264 e. The van der Waals surface area contributed by atoms with E-state index in [0.29, 0.717) is 0 Å². The number of rotatable bonds is 6. The van der Waals surface area contributed by atoms with E-state index in [-0.39, 0.29) is 17.5 Å². The van der Waals surface area contributed by atoms with Gasteiger partial charge in [-0.05, 0) is 40.6 Å². The van der Waals surface area contributed by atoms with Crippen LogP contribution in [-0.4, -0.2) is 29.7 Å². The first-order valence-electron chi connectivity index (χ1n) is 6.58. The highest BCUT2D eigenvalue weighted by Gasteiger charge is 2.20. The molecule has 1 N–H and O–H groups in total. The molecular formula is C14H14N4O2S2. The number of aromatic nitrogens is 3. The lowest BCUT2D eigenvalue weighted by Gasteiger charge is -2.17. The molecule has 0 aliphatic heterocycles. The Morgan fingerprint density at radius 1 is 1.27 bits per heavy atom. The third kappa shape index (κ3) is 3.24. The molecule has 22 heavy (non-hydrogen) atoms. The van der Waals surface area contributed by atoms with Crippen LogP contribution in [0.2, 0.25) is 0 Å². The topological polar surface area (TPSA) is 76.9 Å². The summed E-state index contributed by atoms with van der Waals surface area (Å²) >= 11 is 1.57. The summed E-state index contributed by atoms with van der Waals surface area (Å²) in [6, 6.07) is 6.71. The standard InChI is InChI=1S/C14H14N4O2S2/c19-22(20,13-3-1-5-15-9-13)17-10-14(12-4-8-21-11-12)18-7-2-6-16-18/h1-9,11,14,17H,10H2. The van der Waals surface area contributed by atoms with Gasteiger partial charge in [0.05, 0.1) is 6.04 Å². The normalized spacial score (nSPS) is 13.1. The van der Waals surface area contributed by atoms with E-state index < -0.39 is 10.0 Å². The molecule has 0 aliphatic rings. The van der Waals surface area contributed by atoms with E-state index in [4.69, 9.17) is 0 Å². The number of hydrogen-bond donors (Lipinski definition) is 1. The van der Waals surface area contributed by atoms with Crippen LogP contribution < -0.4 is 4.72 Å². The van der Waals surface area contributed by atoms with Crippen molar-refractivity contribution in [1.82, 2.24) is 19.5 Å². The monoisotopic (exact) mass is 334 g/mol. The summed E-state index contributed by atoms with van der Waals surface area (Å²) in [5, 5.41) is 8.17. The first-order valence-corrected chi connectivity index (χ1v) is 9.00. The first-order chi connectivity index (χ1) is 10.7. The van der Waals surface area contributed by atoms with E-state index in [0.717, 1.165) is 5.56 Å². The lowest BCUT2D eigenvalue weighted by molar-refractivity contribution is 0.506. The van der Waals surface area contributed by atoms with Crippen LogP contribution in [0.25, 0.3) is 0 Å². The Kier molecular flexibility index (Phi) is 4.32. The van der Waals surface area contributed by atoms with E-state index in [1.165, 1.54) is 18.5 Å². The Balaban J connectivity index is 1.81. The summed E-state index contributed by atoms with van der Waals surface area (Å²) in [7, 11) is -3.59. The van der Waals surface area contributed by atoms with Crippen LogP contribution in [0.4, 0.5) is 0 Å². The molecule has 3 rings (SSSR count). The maximum Gasteiger partial charge on any atom is 0.242 e. The lowest BCUT2D eigenvalue weighted by atomic mass is 10.1. The molecule has 0 saturated heterocycles. The molecule has 0 bridgehead atoms. The zero-order valence-corrected chi connectivity index (χ0v) is 13.2. The summed E-state index contributed by atoms with van der Waals surface area (Å²) in [6.45, 7) is 0.218. The highest BCUT2D eigenvalue weighted by Crippen LogP contribution is 2.20. The van der Waals surface area contributed by atoms with Crippen molar-refractivity contribution in [3.05, 3.63) is 65.4 Å². The maximum atomic E-state index is 12.3. The third-order valence-electron chi connectivity index (χ3n) is 3.18. The minimum Gasteiger partial charge on any atom is -0.264 e. The predicted octanol–water partition coefficient (Wildman–Crippen LogP) is 1.91. The smallest absolute Gasteiger partial charge is 0.242 e. The highest BCUT2D eigenvalue weighted by atomic mass is 32.2. The van der Waals surface area contributed by atoms with Crippen LogP contribution in [-0.2, 0) is 10.0 Å². The van der Waals surface area contributed by atoms with Crippen LogP contribution in [0.15, 0.2) is 64.7 Å². The summed E-state index contributed by atoms with van der Waals surface area (Å²) in [5.41, 5.74) is 1.02. The Morgan fingerprint density at radius 2 is 2.18 bits per heavy atom. The predicted molar refractivity (Wildman–Crippen MR) is 84.1 cm³/mol. The fourth-order valence-electron chi connectivity index (χ4n) is 2.07. The second kappa shape index (κ2) is 6.39. The van der Waals surface area contributed by atoms with Gasteiger partial charge in [-0.2, -0.15) is 16.4 Å². The van der Waals surface area contributed by atoms with Crippen molar-refractivity contribution < 1.29 is 8.42 Å². The van der Waals surface area contributed by atoms with Crippen molar-refractivity contribution in [2.24, 2.45) is 0 Å². The van der Waals surface area contributed by atoms with Crippen molar-refractivity contribution in [2.75, 3.05) is 6.54 Å². The van der Waals surface area contributed by atoms with Crippen molar-refractivity contribution in [3.8, 4) is 0 Å². The van der Waals surface area contributed by atoms with E-state index in [1.807, 2.05) is 29.1 Å². The van der Waals surface area contributed by atoms with E-state index in [1.54, 1.807) is 28.3 Å². The molecule has 0 spiro atoms. The average Bonchev–Trinajstić information content (AvgIpc) is 3.22. The van der Waals surface area contributed by atoms with Gasteiger partial charge in [-0.25, -0.2) is 13.1 Å². The fourth-order valence-corrected chi connectivity index (χ4v) is 3.78. The van der Waals surface area contributed by atoms with E-state index >= 15 is 0 Å². The van der Waals surface area contributed by atoms with Crippen LogP contribution in [0.1, 0.15) is 11.6 Å². The number of nitrogens with zero attached hydrogens (tertiary/aromatic N) is 3. The van der Waals surface area contributed by atoms with Gasteiger partial charge in [0.15, 0.2) is 0 Å². The minimum atomic E-state index is -3.59. The molecule has 1 atom stereocenters. The Hall–Kier alpha value is -2.03. The SMILES string of the molecule is O=S(=O)(NCC(c1ccsc1)n1cccn1)c1cccnc1. The van der Waals surface area contributed by atoms with Crippen molar-refractivity contribution >= 4 is 21.4 Å². The number of hydrogen-bond acceptors (Lipinski definition) is 5. The molecule has 3 aromatic rings. The van der Waals surface area contributed by atoms with Crippen LogP contribution >= 0.6 is 11.3 Å². The number of thiophene rings is 1. The van der Waals surface area contributed by atoms with Gasteiger partial charge in [0.25, 0.3) is 0 Å². The van der Waals surface area contributed by atoms with Gasteiger partial charge in [0, 0.05) is 31.3 Å². The van der Waals surface area contributed by atoms with Gasteiger partial charge < -0.3 is 0 Å². The zero-order valence-electron chi connectivity index (χ0n) is 11.5. The molecule has 3 heterocycles. The van der Waals surface area contributed by atoms with Crippen molar-refractivity contribution in [1.29, 1.82) is 0 Å². The fraction of sp³-hybridized carbons (Fsp3) is 0.143. The maximum absolute atomic E-state index is 12.3. The van der Waals surface area contributed by atoms with E-state index in [9.17, 15) is 8.42 Å². The molecule has 8 heteroatoms. The molecule has 0 fully saturated rings. The van der Waals surface area contributed by atoms with Crippen molar-refractivity contribution in [3.63, 3.8) is 0 Å². The molecular weight excluding hydrogens is 320 g/mol. The summed E-state index contributed by atoms with van der Waals surface area (Å²) in [6.07, 6.45) is 6.36. The van der Waals surface area contributed by atoms with Crippen LogP contribution in [0.5, 0.6) is 0 Å². The molecule has 0 saturated carbocycles. The van der Waals surface area contributed by atoms with Gasteiger partial charge in [-0.1, -0.05) is 0 Å². The number of pyridine rings is 1. The molecule has 0 radical (unpaired) electrons. The third-order valence-corrected chi connectivity index (χ3v) is 5.29. The molecule has 0 amide bonds. The zero-order chi connectivity index (χ0) is 15.4.